The van der Waals surface area contributed by atoms with Crippen LogP contribution >= 0.6 is 11.6 Å². The predicted molar refractivity (Wildman–Crippen MR) is 89.3 cm³/mol. The van der Waals surface area contributed by atoms with E-state index in [1.165, 1.54) is 19.2 Å². The van der Waals surface area contributed by atoms with Crippen LogP contribution in [0.4, 0.5) is 4.39 Å². The molecule has 0 atom stereocenters. The molecule has 0 saturated carbocycles. The summed E-state index contributed by atoms with van der Waals surface area (Å²) in [6.45, 7) is 2.72. The molecule has 126 valence electrons. The zero-order valence-corrected chi connectivity index (χ0v) is 14.4. The normalized spacial score (nSPS) is 13.2. The lowest BCUT2D eigenvalue weighted by Crippen LogP contribution is -2.23. The summed E-state index contributed by atoms with van der Waals surface area (Å²) in [7, 11) is 3.07. The summed E-state index contributed by atoms with van der Waals surface area (Å²) < 4.78 is 24.1. The van der Waals surface area contributed by atoms with Gasteiger partial charge in [-0.05, 0) is 41.8 Å². The van der Waals surface area contributed by atoms with E-state index in [1.54, 1.807) is 18.1 Å². The van der Waals surface area contributed by atoms with Crippen molar-refractivity contribution in [1.82, 2.24) is 4.90 Å². The van der Waals surface area contributed by atoms with Crippen LogP contribution in [0.3, 0.4) is 0 Å². The molecule has 3 rings (SSSR count). The average Bonchev–Trinajstić information content (AvgIpc) is 2.85. The number of aryl methyl sites for hydroxylation is 1. The fourth-order valence-corrected chi connectivity index (χ4v) is 3.27. The lowest BCUT2D eigenvalue weighted by atomic mass is 10.0. The van der Waals surface area contributed by atoms with Crippen LogP contribution in [0.1, 0.15) is 27.0 Å². The Kier molecular flexibility index (Phi) is 4.37. The number of carbonyl (C=O) groups excluding carboxylic acids is 1. The highest BCUT2D eigenvalue weighted by Gasteiger charge is 2.33. The quantitative estimate of drug-likeness (QED) is 0.838. The van der Waals surface area contributed by atoms with Crippen molar-refractivity contribution in [3.8, 4) is 11.5 Å². The molecule has 6 heteroatoms. The number of rotatable bonds is 4. The summed E-state index contributed by atoms with van der Waals surface area (Å²) in [5, 5.41) is 0.0479. The summed E-state index contributed by atoms with van der Waals surface area (Å²) in [4.78, 5) is 14.5. The second kappa shape index (κ2) is 6.32. The van der Waals surface area contributed by atoms with Gasteiger partial charge in [0.2, 0.25) is 0 Å². The van der Waals surface area contributed by atoms with Crippen LogP contribution in [0.2, 0.25) is 5.02 Å². The van der Waals surface area contributed by atoms with Crippen LogP contribution in [-0.4, -0.2) is 25.0 Å². The molecule has 0 aromatic heterocycles. The van der Waals surface area contributed by atoms with Gasteiger partial charge in [0.1, 0.15) is 5.82 Å². The molecule has 0 radical (unpaired) electrons. The molecular formula is C18H17ClFNO3. The topological polar surface area (TPSA) is 38.8 Å². The molecule has 0 bridgehead atoms. The van der Waals surface area contributed by atoms with Crippen molar-refractivity contribution in [2.75, 3.05) is 14.2 Å². The Morgan fingerprint density at radius 1 is 1.21 bits per heavy atom. The largest absolute Gasteiger partial charge is 0.493 e. The van der Waals surface area contributed by atoms with Crippen molar-refractivity contribution in [2.24, 2.45) is 0 Å². The van der Waals surface area contributed by atoms with Crippen molar-refractivity contribution in [3.63, 3.8) is 0 Å². The van der Waals surface area contributed by atoms with Crippen LogP contribution in [0.15, 0.2) is 24.3 Å². The Bertz CT molecular complexity index is 822. The van der Waals surface area contributed by atoms with Gasteiger partial charge < -0.3 is 14.4 Å². The number of ether oxygens (including phenoxy) is 2. The van der Waals surface area contributed by atoms with Crippen molar-refractivity contribution in [2.45, 2.75) is 20.0 Å². The van der Waals surface area contributed by atoms with Crippen molar-refractivity contribution in [1.29, 1.82) is 0 Å². The third kappa shape index (κ3) is 2.69. The average molecular weight is 350 g/mol. The molecule has 24 heavy (non-hydrogen) atoms. The van der Waals surface area contributed by atoms with Crippen LogP contribution in [-0.2, 0) is 13.1 Å². The van der Waals surface area contributed by atoms with Gasteiger partial charge in [-0.25, -0.2) is 4.39 Å². The maximum Gasteiger partial charge on any atom is 0.258 e. The first-order chi connectivity index (χ1) is 11.5. The van der Waals surface area contributed by atoms with Crippen LogP contribution in [0.25, 0.3) is 0 Å². The van der Waals surface area contributed by atoms with Gasteiger partial charge in [0, 0.05) is 13.1 Å². The Hall–Kier alpha value is -2.27. The number of hydrogen-bond donors (Lipinski definition) is 0. The van der Waals surface area contributed by atoms with Gasteiger partial charge in [-0.1, -0.05) is 17.7 Å². The van der Waals surface area contributed by atoms with Crippen molar-refractivity contribution < 1.29 is 18.7 Å². The molecule has 0 unspecified atom stereocenters. The first-order valence-corrected chi connectivity index (χ1v) is 7.81. The zero-order valence-electron chi connectivity index (χ0n) is 13.7. The number of amides is 1. The first kappa shape index (κ1) is 16.6. The van der Waals surface area contributed by atoms with E-state index < -0.39 is 5.82 Å². The molecule has 1 aliphatic rings. The highest BCUT2D eigenvalue weighted by Crippen LogP contribution is 2.41. The van der Waals surface area contributed by atoms with Gasteiger partial charge in [0.05, 0.1) is 24.8 Å². The molecule has 0 aliphatic carbocycles. The van der Waals surface area contributed by atoms with E-state index in [4.69, 9.17) is 21.1 Å². The lowest BCUT2D eigenvalue weighted by Gasteiger charge is -2.16. The van der Waals surface area contributed by atoms with E-state index >= 15 is 0 Å². The Balaban J connectivity index is 1.94. The Morgan fingerprint density at radius 2 is 1.92 bits per heavy atom. The van der Waals surface area contributed by atoms with Crippen molar-refractivity contribution in [3.05, 3.63) is 57.4 Å². The SMILES string of the molecule is COc1c(C)cc2c(c1OC)C(=O)N(Cc1ccc(F)c(Cl)c1)C2. The minimum Gasteiger partial charge on any atom is -0.493 e. The molecular weight excluding hydrogens is 333 g/mol. The number of methoxy groups -OCH3 is 2. The summed E-state index contributed by atoms with van der Waals surface area (Å²) in [5.74, 6) is 0.410. The highest BCUT2D eigenvalue weighted by molar-refractivity contribution is 6.30. The van der Waals surface area contributed by atoms with Gasteiger partial charge in [-0.15, -0.1) is 0 Å². The minimum atomic E-state index is -0.474. The minimum absolute atomic E-state index is 0.0479. The standard InChI is InChI=1S/C18H17ClFNO3/c1-10-6-12-9-21(8-11-4-5-14(20)13(19)7-11)18(22)15(12)17(24-3)16(10)23-2/h4-7H,8-9H2,1-3H3. The zero-order chi connectivity index (χ0) is 17.4. The second-order valence-corrected chi connectivity index (χ2v) is 6.11. The monoisotopic (exact) mass is 349 g/mol. The Labute approximate surface area is 144 Å². The van der Waals surface area contributed by atoms with Crippen LogP contribution in [0, 0.1) is 12.7 Å². The van der Waals surface area contributed by atoms with Crippen LogP contribution < -0.4 is 9.47 Å². The van der Waals surface area contributed by atoms with E-state index in [9.17, 15) is 9.18 Å². The molecule has 2 aromatic carbocycles. The third-order valence-corrected chi connectivity index (χ3v) is 4.42. The number of nitrogens with zero attached hydrogens (tertiary/aromatic N) is 1. The summed E-state index contributed by atoms with van der Waals surface area (Å²) in [5.41, 5.74) is 3.09. The summed E-state index contributed by atoms with van der Waals surface area (Å²) in [6.07, 6.45) is 0. The van der Waals surface area contributed by atoms with Gasteiger partial charge in [-0.2, -0.15) is 0 Å². The molecule has 1 aliphatic heterocycles. The van der Waals surface area contributed by atoms with E-state index in [0.29, 0.717) is 30.2 Å². The third-order valence-electron chi connectivity index (χ3n) is 4.13. The highest BCUT2D eigenvalue weighted by atomic mass is 35.5. The van der Waals surface area contributed by atoms with Gasteiger partial charge in [-0.3, -0.25) is 4.79 Å². The number of carbonyl (C=O) groups is 1. The molecule has 2 aromatic rings. The molecule has 0 N–H and O–H groups in total. The molecule has 0 fully saturated rings. The maximum absolute atomic E-state index is 13.3. The van der Waals surface area contributed by atoms with E-state index in [-0.39, 0.29) is 10.9 Å². The fraction of sp³-hybridized carbons (Fsp3) is 0.278. The number of hydrogen-bond acceptors (Lipinski definition) is 3. The van der Waals surface area contributed by atoms with E-state index in [1.807, 2.05) is 13.0 Å². The number of halogens is 2. The molecule has 0 saturated heterocycles. The second-order valence-electron chi connectivity index (χ2n) is 5.70. The predicted octanol–water partition coefficient (Wildman–Crippen LogP) is 3.96. The van der Waals surface area contributed by atoms with Crippen LogP contribution in [0.5, 0.6) is 11.5 Å². The van der Waals surface area contributed by atoms with Gasteiger partial charge in [0.15, 0.2) is 11.5 Å². The summed E-state index contributed by atoms with van der Waals surface area (Å²) >= 11 is 5.82. The molecule has 4 nitrogen and oxygen atoms in total. The van der Waals surface area contributed by atoms with Crippen molar-refractivity contribution >= 4 is 17.5 Å². The van der Waals surface area contributed by atoms with E-state index in [2.05, 4.69) is 0 Å². The number of benzene rings is 2. The van der Waals surface area contributed by atoms with Gasteiger partial charge >= 0.3 is 0 Å². The molecule has 0 spiro atoms. The Morgan fingerprint density at radius 3 is 2.54 bits per heavy atom. The maximum atomic E-state index is 13.3. The summed E-state index contributed by atoms with van der Waals surface area (Å²) in [6, 6.07) is 6.40. The van der Waals surface area contributed by atoms with E-state index in [0.717, 1.165) is 16.7 Å². The fourth-order valence-electron chi connectivity index (χ4n) is 3.07. The van der Waals surface area contributed by atoms with Gasteiger partial charge in [0.25, 0.3) is 5.91 Å². The lowest BCUT2D eigenvalue weighted by molar-refractivity contribution is 0.0764. The molecule has 1 heterocycles. The number of fused-ring (bicyclic) bond motifs is 1. The smallest absolute Gasteiger partial charge is 0.258 e. The first-order valence-electron chi connectivity index (χ1n) is 7.44. The molecule has 1 amide bonds.